The van der Waals surface area contributed by atoms with Gasteiger partial charge in [-0.05, 0) is 46.0 Å². The van der Waals surface area contributed by atoms with Crippen molar-refractivity contribution in [2.24, 2.45) is 0 Å². The number of rotatable bonds is 2. The van der Waals surface area contributed by atoms with Gasteiger partial charge in [0.05, 0.1) is 0 Å². The molecule has 2 aliphatic heterocycles. The molecule has 2 bridgehead atoms. The first-order valence-corrected chi connectivity index (χ1v) is 5.93. The lowest BCUT2D eigenvalue weighted by atomic mass is 9.91. The fourth-order valence-corrected chi connectivity index (χ4v) is 3.29. The third-order valence-corrected chi connectivity index (χ3v) is 4.26. The molecule has 0 amide bonds. The van der Waals surface area contributed by atoms with Crippen molar-refractivity contribution in [3.8, 4) is 0 Å². The van der Waals surface area contributed by atoms with Crippen LogP contribution in [0, 0.1) is 0 Å². The van der Waals surface area contributed by atoms with Gasteiger partial charge in [-0.1, -0.05) is 13.3 Å². The Labute approximate surface area is 82.5 Å². The Morgan fingerprint density at radius 2 is 1.62 bits per heavy atom. The largest absolute Gasteiger partial charge is 0.292 e. The molecule has 1 heteroatoms. The van der Waals surface area contributed by atoms with Crippen molar-refractivity contribution in [3.63, 3.8) is 0 Å². The van der Waals surface area contributed by atoms with Crippen molar-refractivity contribution in [1.82, 2.24) is 4.90 Å². The van der Waals surface area contributed by atoms with Crippen LogP contribution in [-0.4, -0.2) is 22.5 Å². The predicted octanol–water partition coefficient (Wildman–Crippen LogP) is 3.19. The van der Waals surface area contributed by atoms with Crippen molar-refractivity contribution in [3.05, 3.63) is 0 Å². The number of hydrogen-bond acceptors (Lipinski definition) is 1. The van der Waals surface area contributed by atoms with Crippen LogP contribution >= 0.6 is 0 Å². The molecule has 2 heterocycles. The van der Waals surface area contributed by atoms with E-state index in [4.69, 9.17) is 0 Å². The average Bonchev–Trinajstić information content (AvgIpc) is 2.39. The Balaban J connectivity index is 2.14. The number of fused-ring (bicyclic) bond motifs is 2. The summed E-state index contributed by atoms with van der Waals surface area (Å²) < 4.78 is 0. The monoisotopic (exact) mass is 181 g/mol. The van der Waals surface area contributed by atoms with E-state index in [-0.39, 0.29) is 0 Å². The highest BCUT2D eigenvalue weighted by molar-refractivity contribution is 4.98. The summed E-state index contributed by atoms with van der Waals surface area (Å²) in [5, 5.41) is 0. The van der Waals surface area contributed by atoms with Gasteiger partial charge in [-0.3, -0.25) is 4.90 Å². The fourth-order valence-electron chi connectivity index (χ4n) is 3.29. The molecule has 13 heavy (non-hydrogen) atoms. The zero-order valence-corrected chi connectivity index (χ0v) is 9.34. The van der Waals surface area contributed by atoms with E-state index in [0.717, 1.165) is 12.1 Å². The molecule has 76 valence electrons. The van der Waals surface area contributed by atoms with Gasteiger partial charge in [0.25, 0.3) is 0 Å². The maximum absolute atomic E-state index is 2.83. The molecule has 0 radical (unpaired) electrons. The fraction of sp³-hybridized carbons (Fsp3) is 1.00. The maximum atomic E-state index is 2.83. The van der Waals surface area contributed by atoms with E-state index in [1.165, 1.54) is 38.5 Å². The van der Waals surface area contributed by atoms with Crippen molar-refractivity contribution in [1.29, 1.82) is 0 Å². The van der Waals surface area contributed by atoms with E-state index in [2.05, 4.69) is 25.7 Å². The molecule has 0 aromatic heterocycles. The van der Waals surface area contributed by atoms with Crippen molar-refractivity contribution in [2.75, 3.05) is 0 Å². The lowest BCUT2D eigenvalue weighted by Gasteiger charge is -2.46. The van der Waals surface area contributed by atoms with E-state index >= 15 is 0 Å². The minimum atomic E-state index is 0.451. The Morgan fingerprint density at radius 1 is 1.08 bits per heavy atom. The zero-order valence-electron chi connectivity index (χ0n) is 9.34. The molecule has 2 fully saturated rings. The molecule has 0 saturated carbocycles. The van der Waals surface area contributed by atoms with Crippen LogP contribution < -0.4 is 0 Å². The van der Waals surface area contributed by atoms with Gasteiger partial charge >= 0.3 is 0 Å². The maximum Gasteiger partial charge on any atom is 0.0156 e. The quantitative estimate of drug-likeness (QED) is 0.632. The molecule has 0 N–H and O–H groups in total. The summed E-state index contributed by atoms with van der Waals surface area (Å²) in [7, 11) is 0. The zero-order chi connectivity index (χ0) is 9.47. The minimum absolute atomic E-state index is 0.451. The summed E-state index contributed by atoms with van der Waals surface area (Å²) in [4.78, 5) is 2.83. The second-order valence-electron chi connectivity index (χ2n) is 5.39. The molecule has 0 aromatic carbocycles. The van der Waals surface area contributed by atoms with Gasteiger partial charge in [-0.2, -0.15) is 0 Å². The number of hydrogen-bond donors (Lipinski definition) is 0. The molecular formula is C12H23N. The van der Waals surface area contributed by atoms with Gasteiger partial charge in [0, 0.05) is 17.6 Å². The van der Waals surface area contributed by atoms with Crippen LogP contribution in [0.4, 0.5) is 0 Å². The first kappa shape index (κ1) is 9.51. The van der Waals surface area contributed by atoms with Crippen LogP contribution in [0.2, 0.25) is 0 Å². The first-order chi connectivity index (χ1) is 6.15. The highest BCUT2D eigenvalue weighted by Gasteiger charge is 2.42. The normalized spacial score (nSPS) is 35.3. The average molecular weight is 181 g/mol. The highest BCUT2D eigenvalue weighted by Crippen LogP contribution is 2.41. The van der Waals surface area contributed by atoms with E-state index in [0.29, 0.717) is 5.54 Å². The number of nitrogens with zero attached hydrogens (tertiary/aromatic N) is 1. The van der Waals surface area contributed by atoms with Gasteiger partial charge in [0.15, 0.2) is 0 Å². The molecule has 0 aromatic rings. The second kappa shape index (κ2) is 3.27. The summed E-state index contributed by atoms with van der Waals surface area (Å²) in [6.45, 7) is 7.17. The van der Waals surface area contributed by atoms with Crippen LogP contribution in [0.5, 0.6) is 0 Å². The van der Waals surface area contributed by atoms with E-state index < -0.39 is 0 Å². The molecule has 2 aliphatic rings. The van der Waals surface area contributed by atoms with Gasteiger partial charge in [-0.25, -0.2) is 0 Å². The molecule has 2 atom stereocenters. The molecule has 1 nitrogen and oxygen atoms in total. The molecule has 2 rings (SSSR count). The predicted molar refractivity (Wildman–Crippen MR) is 56.9 cm³/mol. The topological polar surface area (TPSA) is 3.24 Å². The SMILES string of the molecule is CCC(C)(C)N1C2CCCC1CC2. The third-order valence-electron chi connectivity index (χ3n) is 4.26. The van der Waals surface area contributed by atoms with Crippen LogP contribution in [0.3, 0.4) is 0 Å². The summed E-state index contributed by atoms with van der Waals surface area (Å²) in [5.41, 5.74) is 0.451. The summed E-state index contributed by atoms with van der Waals surface area (Å²) in [5.74, 6) is 0. The smallest absolute Gasteiger partial charge is 0.0156 e. The molecule has 0 aliphatic carbocycles. The second-order valence-corrected chi connectivity index (χ2v) is 5.39. The minimum Gasteiger partial charge on any atom is -0.292 e. The number of piperidine rings is 1. The summed E-state index contributed by atoms with van der Waals surface area (Å²) >= 11 is 0. The lowest BCUT2D eigenvalue weighted by Crippen LogP contribution is -2.52. The summed E-state index contributed by atoms with van der Waals surface area (Å²) in [6, 6.07) is 1.85. The molecule has 0 spiro atoms. The Bertz CT molecular complexity index is 170. The van der Waals surface area contributed by atoms with E-state index in [9.17, 15) is 0 Å². The van der Waals surface area contributed by atoms with Crippen molar-refractivity contribution in [2.45, 2.75) is 76.9 Å². The van der Waals surface area contributed by atoms with Gasteiger partial charge in [0.2, 0.25) is 0 Å². The third kappa shape index (κ3) is 1.52. The molecule has 2 unspecified atom stereocenters. The molecule has 2 saturated heterocycles. The molecular weight excluding hydrogens is 158 g/mol. The summed E-state index contributed by atoms with van der Waals surface area (Å²) in [6.07, 6.45) is 8.62. The van der Waals surface area contributed by atoms with E-state index in [1.54, 1.807) is 0 Å². The van der Waals surface area contributed by atoms with Crippen LogP contribution in [0.1, 0.15) is 59.3 Å². The lowest BCUT2D eigenvalue weighted by molar-refractivity contribution is 0.0299. The van der Waals surface area contributed by atoms with E-state index in [1.807, 2.05) is 0 Å². The van der Waals surface area contributed by atoms with Gasteiger partial charge in [-0.15, -0.1) is 0 Å². The Morgan fingerprint density at radius 3 is 2.08 bits per heavy atom. The highest BCUT2D eigenvalue weighted by atomic mass is 15.3. The van der Waals surface area contributed by atoms with Crippen LogP contribution in [0.15, 0.2) is 0 Å². The van der Waals surface area contributed by atoms with Gasteiger partial charge < -0.3 is 0 Å². The Kier molecular flexibility index (Phi) is 2.39. The van der Waals surface area contributed by atoms with Gasteiger partial charge in [0.1, 0.15) is 0 Å². The first-order valence-electron chi connectivity index (χ1n) is 5.93. The van der Waals surface area contributed by atoms with Crippen LogP contribution in [0.25, 0.3) is 0 Å². The Hall–Kier alpha value is -0.0400. The van der Waals surface area contributed by atoms with Crippen molar-refractivity contribution < 1.29 is 0 Å². The van der Waals surface area contributed by atoms with Crippen molar-refractivity contribution >= 4 is 0 Å². The van der Waals surface area contributed by atoms with Crippen LogP contribution in [-0.2, 0) is 0 Å². The standard InChI is InChI=1S/C12H23N/c1-4-12(2,3)13-10-6-5-7-11(13)9-8-10/h10-11H,4-9H2,1-3H3.